The van der Waals surface area contributed by atoms with Crippen LogP contribution in [0.4, 0.5) is 0 Å². The van der Waals surface area contributed by atoms with E-state index in [2.05, 4.69) is 6.07 Å². The summed E-state index contributed by atoms with van der Waals surface area (Å²) in [6, 6.07) is 19.5. The van der Waals surface area contributed by atoms with Crippen LogP contribution < -0.4 is 25.5 Å². The number of aryl methyl sites for hydroxylation is 2. The number of fused-ring (bicyclic) bond motifs is 1. The molecule has 7 heteroatoms. The van der Waals surface area contributed by atoms with Gasteiger partial charge in [0.15, 0.2) is 11.5 Å². The fourth-order valence-electron chi connectivity index (χ4n) is 4.49. The van der Waals surface area contributed by atoms with Crippen LogP contribution in [0.15, 0.2) is 70.8 Å². The molecule has 0 radical (unpaired) electrons. The lowest BCUT2D eigenvalue weighted by molar-refractivity contribution is 0.284. The lowest BCUT2D eigenvalue weighted by Crippen LogP contribution is -2.33. The average molecular weight is 472 g/mol. The van der Waals surface area contributed by atoms with Crippen molar-refractivity contribution in [2.24, 2.45) is 5.73 Å². The van der Waals surface area contributed by atoms with E-state index in [-0.39, 0.29) is 17.0 Å². The number of aromatic nitrogens is 1. The molecule has 0 spiro atoms. The Morgan fingerprint density at radius 1 is 1.09 bits per heavy atom. The number of hydrogen-bond acceptors (Lipinski definition) is 6. The molecular formula is C28H29N3O4. The van der Waals surface area contributed by atoms with Gasteiger partial charge in [0.25, 0.3) is 5.56 Å². The smallest absolute Gasteiger partial charge is 0.258 e. The molecule has 2 heterocycles. The van der Waals surface area contributed by atoms with Gasteiger partial charge in [-0.3, -0.25) is 4.79 Å². The van der Waals surface area contributed by atoms with Gasteiger partial charge in [-0.25, -0.2) is 0 Å². The number of benzene rings is 2. The van der Waals surface area contributed by atoms with E-state index in [4.69, 9.17) is 19.9 Å². The number of nitrogens with zero attached hydrogens (tertiary/aromatic N) is 2. The van der Waals surface area contributed by atoms with Gasteiger partial charge in [0.1, 0.15) is 17.4 Å². The number of pyridine rings is 1. The number of nitrogens with two attached hydrogens (primary N) is 1. The molecule has 1 atom stereocenters. The van der Waals surface area contributed by atoms with Crippen LogP contribution in [0.5, 0.6) is 17.2 Å². The van der Waals surface area contributed by atoms with Gasteiger partial charge in [0.2, 0.25) is 5.88 Å². The molecule has 7 nitrogen and oxygen atoms in total. The maximum atomic E-state index is 13.9. The van der Waals surface area contributed by atoms with Gasteiger partial charge in [-0.15, -0.1) is 0 Å². The van der Waals surface area contributed by atoms with E-state index in [0.717, 1.165) is 11.3 Å². The molecule has 0 aliphatic carbocycles. The van der Waals surface area contributed by atoms with Crippen molar-refractivity contribution in [1.82, 2.24) is 4.57 Å². The molecule has 0 unspecified atom stereocenters. The second-order valence-corrected chi connectivity index (χ2v) is 8.22. The lowest BCUT2D eigenvalue weighted by atomic mass is 9.83. The normalized spacial score (nSPS) is 14.6. The number of nitriles is 1. The number of rotatable bonds is 8. The zero-order valence-electron chi connectivity index (χ0n) is 20.2. The van der Waals surface area contributed by atoms with Crippen molar-refractivity contribution in [3.05, 3.63) is 98.8 Å². The van der Waals surface area contributed by atoms with Crippen molar-refractivity contribution >= 4 is 0 Å². The van der Waals surface area contributed by atoms with E-state index >= 15 is 0 Å². The summed E-state index contributed by atoms with van der Waals surface area (Å²) in [7, 11) is 0. The van der Waals surface area contributed by atoms with Crippen LogP contribution >= 0.6 is 0 Å². The summed E-state index contributed by atoms with van der Waals surface area (Å²) in [5.41, 5.74) is 9.02. The number of para-hydroxylation sites is 1. The molecule has 0 bridgehead atoms. The monoisotopic (exact) mass is 471 g/mol. The van der Waals surface area contributed by atoms with Gasteiger partial charge in [-0.2, -0.15) is 5.26 Å². The molecule has 0 saturated heterocycles. The maximum Gasteiger partial charge on any atom is 0.258 e. The molecule has 0 fully saturated rings. The molecule has 35 heavy (non-hydrogen) atoms. The van der Waals surface area contributed by atoms with Gasteiger partial charge >= 0.3 is 0 Å². The third-order valence-electron chi connectivity index (χ3n) is 6.07. The highest BCUT2D eigenvalue weighted by Crippen LogP contribution is 2.46. The highest BCUT2D eigenvalue weighted by atomic mass is 16.5. The second-order valence-electron chi connectivity index (χ2n) is 8.22. The van der Waals surface area contributed by atoms with E-state index in [1.54, 1.807) is 4.57 Å². The van der Waals surface area contributed by atoms with Gasteiger partial charge in [-0.1, -0.05) is 42.5 Å². The molecule has 2 aromatic carbocycles. The fourth-order valence-corrected chi connectivity index (χ4v) is 4.49. The second kappa shape index (κ2) is 10.4. The SMILES string of the molecule is CCOc1cccc([C@@H]2C(C#N)=C(N)Oc3cc(C)n(CCc4ccccc4)c(=O)c32)c1OCC. The Kier molecular flexibility index (Phi) is 7.11. The van der Waals surface area contributed by atoms with E-state index < -0.39 is 5.92 Å². The summed E-state index contributed by atoms with van der Waals surface area (Å²) in [4.78, 5) is 13.9. The Hall–Kier alpha value is -4.18. The Morgan fingerprint density at radius 2 is 1.83 bits per heavy atom. The summed E-state index contributed by atoms with van der Waals surface area (Å²) in [5.74, 6) is 0.629. The summed E-state index contributed by atoms with van der Waals surface area (Å²) in [5, 5.41) is 10.0. The molecule has 2 N–H and O–H groups in total. The number of hydrogen-bond donors (Lipinski definition) is 1. The van der Waals surface area contributed by atoms with Gasteiger partial charge in [0, 0.05) is 23.9 Å². The van der Waals surface area contributed by atoms with Crippen molar-refractivity contribution in [2.75, 3.05) is 13.2 Å². The maximum absolute atomic E-state index is 13.9. The quantitative estimate of drug-likeness (QED) is 0.522. The molecule has 1 aliphatic rings. The first kappa shape index (κ1) is 24.0. The standard InChI is InChI=1S/C28H29N3O4/c1-4-33-22-13-9-12-20(26(22)34-5-2)24-21(17-29)27(30)35-23-16-18(3)31(28(32)25(23)24)15-14-19-10-7-6-8-11-19/h6-13,16,24H,4-5,14-15,30H2,1-3H3/t24-/m1/s1. The van der Waals surface area contributed by atoms with E-state index in [9.17, 15) is 10.1 Å². The van der Waals surface area contributed by atoms with E-state index in [1.807, 2.05) is 75.4 Å². The fraction of sp³-hybridized carbons (Fsp3) is 0.286. The van der Waals surface area contributed by atoms with Crippen molar-refractivity contribution in [2.45, 2.75) is 39.7 Å². The van der Waals surface area contributed by atoms with E-state index in [0.29, 0.717) is 54.6 Å². The molecular weight excluding hydrogens is 442 g/mol. The predicted octanol–water partition coefficient (Wildman–Crippen LogP) is 4.42. The molecule has 1 aromatic heterocycles. The zero-order valence-corrected chi connectivity index (χ0v) is 20.2. The Morgan fingerprint density at radius 3 is 2.51 bits per heavy atom. The Balaban J connectivity index is 1.90. The molecule has 0 amide bonds. The van der Waals surface area contributed by atoms with Crippen LogP contribution in [-0.2, 0) is 13.0 Å². The molecule has 0 saturated carbocycles. The molecule has 1 aliphatic heterocycles. The first-order chi connectivity index (χ1) is 17.0. The zero-order chi connectivity index (χ0) is 24.9. The van der Waals surface area contributed by atoms with Crippen LogP contribution in [0.1, 0.15) is 42.1 Å². The van der Waals surface area contributed by atoms with Gasteiger partial charge in [0.05, 0.1) is 24.7 Å². The number of ether oxygens (including phenoxy) is 3. The summed E-state index contributed by atoms with van der Waals surface area (Å²) >= 11 is 0. The van der Waals surface area contributed by atoms with Gasteiger partial charge in [-0.05, 0) is 38.8 Å². The first-order valence-corrected chi connectivity index (χ1v) is 11.7. The summed E-state index contributed by atoms with van der Waals surface area (Å²) in [6.07, 6.45) is 0.693. The van der Waals surface area contributed by atoms with Crippen LogP contribution in [0.2, 0.25) is 0 Å². The topological polar surface area (TPSA) is 99.5 Å². The lowest BCUT2D eigenvalue weighted by Gasteiger charge is -2.29. The minimum absolute atomic E-state index is 0.0184. The van der Waals surface area contributed by atoms with Crippen LogP contribution in [0.3, 0.4) is 0 Å². The minimum Gasteiger partial charge on any atom is -0.490 e. The average Bonchev–Trinajstić information content (AvgIpc) is 2.85. The molecule has 180 valence electrons. The molecule has 4 rings (SSSR count). The van der Waals surface area contributed by atoms with Crippen molar-refractivity contribution < 1.29 is 14.2 Å². The third-order valence-corrected chi connectivity index (χ3v) is 6.07. The van der Waals surface area contributed by atoms with Crippen molar-refractivity contribution in [1.29, 1.82) is 5.26 Å². The minimum atomic E-state index is -0.748. The third kappa shape index (κ3) is 4.60. The Labute approximate surface area is 205 Å². The van der Waals surface area contributed by atoms with Crippen molar-refractivity contribution in [3.63, 3.8) is 0 Å². The largest absolute Gasteiger partial charge is 0.490 e. The first-order valence-electron chi connectivity index (χ1n) is 11.7. The highest BCUT2D eigenvalue weighted by Gasteiger charge is 2.36. The Bertz CT molecular complexity index is 1350. The highest BCUT2D eigenvalue weighted by molar-refractivity contribution is 5.61. The van der Waals surface area contributed by atoms with Crippen molar-refractivity contribution in [3.8, 4) is 23.3 Å². The summed E-state index contributed by atoms with van der Waals surface area (Å²) < 4.78 is 19.3. The van der Waals surface area contributed by atoms with Crippen LogP contribution in [-0.4, -0.2) is 17.8 Å². The predicted molar refractivity (Wildman–Crippen MR) is 134 cm³/mol. The van der Waals surface area contributed by atoms with Crippen LogP contribution in [0, 0.1) is 18.3 Å². The van der Waals surface area contributed by atoms with Gasteiger partial charge < -0.3 is 24.5 Å². The number of allylic oxidation sites excluding steroid dienone is 1. The van der Waals surface area contributed by atoms with Crippen LogP contribution in [0.25, 0.3) is 0 Å². The molecule has 3 aromatic rings. The summed E-state index contributed by atoms with van der Waals surface area (Å²) in [6.45, 7) is 6.96. The van der Waals surface area contributed by atoms with E-state index in [1.165, 1.54) is 0 Å².